The average Bonchev–Trinajstić information content (AvgIpc) is 3.54. The molecular weight excluding hydrogens is 408 g/mol. The van der Waals surface area contributed by atoms with Crippen molar-refractivity contribution in [2.24, 2.45) is 0 Å². The molecule has 1 saturated carbocycles. The van der Waals surface area contributed by atoms with E-state index < -0.39 is 17.9 Å². The molecule has 8 heteroatoms. The predicted molar refractivity (Wildman–Crippen MR) is 120 cm³/mol. The van der Waals surface area contributed by atoms with Gasteiger partial charge >= 0.3 is 0 Å². The van der Waals surface area contributed by atoms with E-state index in [1.165, 1.54) is 18.2 Å². The first-order valence-corrected chi connectivity index (χ1v) is 10.4. The van der Waals surface area contributed by atoms with Gasteiger partial charge in [-0.3, -0.25) is 19.6 Å². The molecule has 0 spiro atoms. The second-order valence-corrected chi connectivity index (χ2v) is 7.80. The summed E-state index contributed by atoms with van der Waals surface area (Å²) in [6.45, 7) is 0. The molecule has 0 unspecified atom stereocenters. The van der Waals surface area contributed by atoms with Crippen LogP contribution in [0.1, 0.15) is 34.3 Å². The molecule has 1 aliphatic rings. The number of hydrogen-bond acceptors (Lipinski definition) is 4. The van der Waals surface area contributed by atoms with Crippen LogP contribution < -0.4 is 16.1 Å². The largest absolute Gasteiger partial charge is 0.361 e. The summed E-state index contributed by atoms with van der Waals surface area (Å²) in [4.78, 5) is 39.9. The van der Waals surface area contributed by atoms with Gasteiger partial charge in [-0.25, -0.2) is 5.48 Å². The first kappa shape index (κ1) is 21.3. The first-order valence-electron chi connectivity index (χ1n) is 10.4. The van der Waals surface area contributed by atoms with E-state index in [9.17, 15) is 14.4 Å². The second kappa shape index (κ2) is 9.49. The van der Waals surface area contributed by atoms with E-state index in [1.807, 2.05) is 30.5 Å². The van der Waals surface area contributed by atoms with Crippen molar-refractivity contribution in [3.8, 4) is 0 Å². The summed E-state index contributed by atoms with van der Waals surface area (Å²) in [5, 5.41) is 15.5. The van der Waals surface area contributed by atoms with Crippen LogP contribution in [0.25, 0.3) is 17.0 Å². The molecule has 1 aliphatic carbocycles. The van der Waals surface area contributed by atoms with E-state index in [0.717, 1.165) is 29.3 Å². The Balaban J connectivity index is 1.45. The summed E-state index contributed by atoms with van der Waals surface area (Å²) in [6, 6.07) is 13.7. The van der Waals surface area contributed by atoms with Gasteiger partial charge in [0, 0.05) is 41.2 Å². The van der Waals surface area contributed by atoms with Crippen LogP contribution in [0.5, 0.6) is 0 Å². The number of rotatable bonds is 8. The SMILES string of the molecule is O=C(/C=C/c1ccc(C(=O)NO)cc1)N[C@@H](Cc1c[nH]c2ccccc12)C(=O)NC1CC1. The molecule has 0 radical (unpaired) electrons. The number of H-pyrrole nitrogens is 1. The Morgan fingerprint density at radius 2 is 1.84 bits per heavy atom. The molecule has 32 heavy (non-hydrogen) atoms. The number of aromatic amines is 1. The van der Waals surface area contributed by atoms with Crippen LogP contribution in [-0.2, 0) is 16.0 Å². The van der Waals surface area contributed by atoms with Gasteiger partial charge in [0.05, 0.1) is 0 Å². The van der Waals surface area contributed by atoms with Crippen molar-refractivity contribution in [3.05, 3.63) is 77.5 Å². The van der Waals surface area contributed by atoms with E-state index in [-0.39, 0.29) is 11.9 Å². The second-order valence-electron chi connectivity index (χ2n) is 7.80. The lowest BCUT2D eigenvalue weighted by molar-refractivity contribution is -0.127. The van der Waals surface area contributed by atoms with Crippen molar-refractivity contribution in [1.82, 2.24) is 21.1 Å². The van der Waals surface area contributed by atoms with Crippen LogP contribution in [0.2, 0.25) is 0 Å². The molecule has 2 aromatic carbocycles. The van der Waals surface area contributed by atoms with Gasteiger partial charge in [0.2, 0.25) is 11.8 Å². The predicted octanol–water partition coefficient (Wildman–Crippen LogP) is 2.31. The lowest BCUT2D eigenvalue weighted by atomic mass is 10.0. The highest BCUT2D eigenvalue weighted by molar-refractivity contribution is 5.96. The Morgan fingerprint density at radius 3 is 2.56 bits per heavy atom. The van der Waals surface area contributed by atoms with Gasteiger partial charge in [-0.05, 0) is 48.2 Å². The highest BCUT2D eigenvalue weighted by Crippen LogP contribution is 2.21. The fourth-order valence-electron chi connectivity index (χ4n) is 3.46. The molecule has 1 heterocycles. The smallest absolute Gasteiger partial charge is 0.274 e. The third kappa shape index (κ3) is 5.22. The molecule has 164 valence electrons. The van der Waals surface area contributed by atoms with Crippen LogP contribution in [0.15, 0.2) is 60.8 Å². The quantitative estimate of drug-likeness (QED) is 0.213. The van der Waals surface area contributed by atoms with E-state index in [2.05, 4.69) is 15.6 Å². The monoisotopic (exact) mass is 432 g/mol. The van der Waals surface area contributed by atoms with Crippen molar-refractivity contribution in [2.45, 2.75) is 31.3 Å². The molecule has 8 nitrogen and oxygen atoms in total. The fraction of sp³-hybridized carbons (Fsp3) is 0.208. The van der Waals surface area contributed by atoms with Crippen molar-refractivity contribution in [3.63, 3.8) is 0 Å². The van der Waals surface area contributed by atoms with E-state index >= 15 is 0 Å². The Labute approximate surface area is 184 Å². The molecule has 5 N–H and O–H groups in total. The first-order chi connectivity index (χ1) is 15.5. The molecule has 4 rings (SSSR count). The van der Waals surface area contributed by atoms with Gasteiger partial charge in [-0.15, -0.1) is 0 Å². The van der Waals surface area contributed by atoms with Crippen LogP contribution >= 0.6 is 0 Å². The van der Waals surface area contributed by atoms with Crippen LogP contribution in [0, 0.1) is 0 Å². The van der Waals surface area contributed by atoms with Crippen molar-refractivity contribution in [1.29, 1.82) is 0 Å². The zero-order valence-electron chi connectivity index (χ0n) is 17.3. The van der Waals surface area contributed by atoms with Crippen molar-refractivity contribution in [2.75, 3.05) is 0 Å². The number of hydroxylamine groups is 1. The Bertz CT molecular complexity index is 1160. The van der Waals surface area contributed by atoms with E-state index in [0.29, 0.717) is 17.5 Å². The molecule has 3 amide bonds. The molecule has 0 bridgehead atoms. The molecule has 1 aromatic heterocycles. The van der Waals surface area contributed by atoms with Crippen LogP contribution in [0.3, 0.4) is 0 Å². The van der Waals surface area contributed by atoms with E-state index in [1.54, 1.807) is 23.7 Å². The van der Waals surface area contributed by atoms with Crippen molar-refractivity contribution < 1.29 is 19.6 Å². The number of amides is 3. The molecule has 0 aliphatic heterocycles. The number of hydrogen-bond donors (Lipinski definition) is 5. The van der Waals surface area contributed by atoms with Crippen LogP contribution in [0.4, 0.5) is 0 Å². The Hall–Kier alpha value is -3.91. The van der Waals surface area contributed by atoms with Gasteiger partial charge in [0.1, 0.15) is 6.04 Å². The maximum absolute atomic E-state index is 12.8. The third-order valence-electron chi connectivity index (χ3n) is 5.36. The average molecular weight is 432 g/mol. The molecule has 0 saturated heterocycles. The Kier molecular flexibility index (Phi) is 6.32. The highest BCUT2D eigenvalue weighted by Gasteiger charge is 2.28. The molecule has 1 fully saturated rings. The molecule has 3 aromatic rings. The summed E-state index contributed by atoms with van der Waals surface area (Å²) >= 11 is 0. The number of benzene rings is 2. The van der Waals surface area contributed by atoms with Gasteiger partial charge in [-0.1, -0.05) is 30.3 Å². The summed E-state index contributed by atoms with van der Waals surface area (Å²) in [7, 11) is 0. The minimum atomic E-state index is -0.706. The van der Waals surface area contributed by atoms with Gasteiger partial charge in [0.15, 0.2) is 0 Å². The summed E-state index contributed by atoms with van der Waals surface area (Å²) in [5.74, 6) is -1.20. The zero-order valence-corrected chi connectivity index (χ0v) is 17.3. The third-order valence-corrected chi connectivity index (χ3v) is 5.36. The minimum Gasteiger partial charge on any atom is -0.361 e. The maximum Gasteiger partial charge on any atom is 0.274 e. The fourth-order valence-corrected chi connectivity index (χ4v) is 3.46. The van der Waals surface area contributed by atoms with Gasteiger partial charge in [0.25, 0.3) is 5.91 Å². The Morgan fingerprint density at radius 1 is 1.09 bits per heavy atom. The number of nitrogens with one attached hydrogen (secondary N) is 4. The van der Waals surface area contributed by atoms with E-state index in [4.69, 9.17) is 5.21 Å². The summed E-state index contributed by atoms with van der Waals surface area (Å²) in [6.07, 6.45) is 7.11. The maximum atomic E-state index is 12.8. The van der Waals surface area contributed by atoms with Gasteiger partial charge in [-0.2, -0.15) is 0 Å². The van der Waals surface area contributed by atoms with Crippen molar-refractivity contribution >= 4 is 34.7 Å². The normalized spacial score (nSPS) is 14.3. The van der Waals surface area contributed by atoms with Crippen LogP contribution in [-0.4, -0.2) is 40.0 Å². The number of fused-ring (bicyclic) bond motifs is 1. The highest BCUT2D eigenvalue weighted by atomic mass is 16.5. The lowest BCUT2D eigenvalue weighted by Crippen LogP contribution is -2.48. The summed E-state index contributed by atoms with van der Waals surface area (Å²) < 4.78 is 0. The number of para-hydroxylation sites is 1. The number of aromatic nitrogens is 1. The lowest BCUT2D eigenvalue weighted by Gasteiger charge is -2.17. The number of carbonyl (C=O) groups excluding carboxylic acids is 3. The molecule has 1 atom stereocenters. The minimum absolute atomic E-state index is 0.190. The summed E-state index contributed by atoms with van der Waals surface area (Å²) in [5.41, 5.74) is 4.50. The zero-order chi connectivity index (χ0) is 22.5. The molecular formula is C24H24N4O4. The number of carbonyl (C=O) groups is 3. The topological polar surface area (TPSA) is 123 Å². The standard InChI is InChI=1S/C24H24N4O4/c29-22(12-7-15-5-8-16(9-6-15)23(30)28-32)27-21(24(31)26-18-10-11-18)13-17-14-25-20-4-2-1-3-19(17)20/h1-9,12,14,18,21,25,32H,10-11,13H2,(H,26,31)(H,27,29)(H,28,30)/b12-7+/t21-/m0/s1. The van der Waals surface area contributed by atoms with Gasteiger partial charge < -0.3 is 15.6 Å².